The second-order valence-corrected chi connectivity index (χ2v) is 18.0. The highest BCUT2D eigenvalue weighted by Crippen LogP contribution is 2.30. The summed E-state index contributed by atoms with van der Waals surface area (Å²) >= 11 is -2.64. The standard InChI is InChI=1S/C24H24N8O6S2.C14H14N2O6S2/c1-13-25-14(2)28-23(27-13)31-19-9-7-17(21(11-19)38-39(33)34)5-6-18-8-10-20(12-22(18)40(35,36)37)32-24-29-15(3)26-16(4)30-24;15-11-5-3-9(13(7-11)23(17,18)19)1-2-10-4-6-12(16)8-14(10)24(20,21)22/h5-12H,1-4H3,(H,33,34)(H,35,36,37)(H,25,27,28,31)(H,26,29,30,32);1-8H,15-16H2,(H,17,18,19)(H,20,21,22). The van der Waals surface area contributed by atoms with Gasteiger partial charge < -0.3 is 26.3 Å². The maximum Gasteiger partial charge on any atom is 0.357 e. The summed E-state index contributed by atoms with van der Waals surface area (Å²) in [7, 11) is -13.7. The van der Waals surface area contributed by atoms with Gasteiger partial charge in [0.2, 0.25) is 11.9 Å². The molecule has 0 fully saturated rings. The Balaban J connectivity index is 0.000000274. The van der Waals surface area contributed by atoms with Crippen LogP contribution in [0.1, 0.15) is 45.6 Å². The Bertz CT molecular complexity index is 3060. The van der Waals surface area contributed by atoms with Crippen LogP contribution in [0.5, 0.6) is 5.75 Å². The molecule has 10 N–H and O–H groups in total. The number of rotatable bonds is 13. The van der Waals surface area contributed by atoms with Gasteiger partial charge in [-0.05, 0) is 92.9 Å². The number of nitrogens with one attached hydrogen (secondary N) is 2. The number of anilines is 6. The van der Waals surface area contributed by atoms with E-state index in [1.165, 1.54) is 66.8 Å². The van der Waals surface area contributed by atoms with Gasteiger partial charge in [-0.2, -0.15) is 49.4 Å². The second-order valence-electron chi connectivity index (χ2n) is 13.2. The van der Waals surface area contributed by atoms with E-state index in [9.17, 15) is 47.7 Å². The highest BCUT2D eigenvalue weighted by Gasteiger charge is 2.18. The van der Waals surface area contributed by atoms with Crippen LogP contribution in [0.3, 0.4) is 0 Å². The first-order chi connectivity index (χ1) is 29.8. The number of nitrogen functional groups attached to an aromatic ring is 2. The van der Waals surface area contributed by atoms with Crippen molar-refractivity contribution in [1.29, 1.82) is 0 Å². The third-order valence-corrected chi connectivity index (χ3v) is 11.3. The first-order valence-corrected chi connectivity index (χ1v) is 23.3. The fourth-order valence-electron chi connectivity index (χ4n) is 5.66. The van der Waals surface area contributed by atoms with Gasteiger partial charge in [0.1, 0.15) is 38.0 Å². The summed E-state index contributed by atoms with van der Waals surface area (Å²) in [5.41, 5.74) is 12.7. The quantitative estimate of drug-likeness (QED) is 0.0318. The molecule has 0 spiro atoms. The zero-order chi connectivity index (χ0) is 47.1. The molecule has 0 aliphatic carbocycles. The number of nitrogens with two attached hydrogens (primary N) is 2. The number of hydrogen-bond acceptors (Lipinski definition) is 18. The summed E-state index contributed by atoms with van der Waals surface area (Å²) in [5.74, 6) is 2.48. The van der Waals surface area contributed by atoms with Crippen LogP contribution in [0.15, 0.2) is 87.5 Å². The van der Waals surface area contributed by atoms with Crippen LogP contribution in [0, 0.1) is 27.7 Å². The van der Waals surface area contributed by atoms with Crippen molar-refractivity contribution in [2.75, 3.05) is 22.1 Å². The molecule has 0 aliphatic heterocycles. The van der Waals surface area contributed by atoms with Crippen LogP contribution in [0.25, 0.3) is 24.3 Å². The molecule has 0 saturated carbocycles. The van der Waals surface area contributed by atoms with Crippen molar-refractivity contribution >= 4 is 101 Å². The lowest BCUT2D eigenvalue weighted by atomic mass is 10.1. The molecule has 1 atom stereocenters. The summed E-state index contributed by atoms with van der Waals surface area (Å²) in [4.78, 5) is 23.7. The molecule has 26 heteroatoms. The predicted molar refractivity (Wildman–Crippen MR) is 238 cm³/mol. The van der Waals surface area contributed by atoms with E-state index < -0.39 is 51.5 Å². The maximum atomic E-state index is 12.2. The van der Waals surface area contributed by atoms with Gasteiger partial charge in [0.25, 0.3) is 30.4 Å². The highest BCUT2D eigenvalue weighted by atomic mass is 32.2. The Hall–Kier alpha value is -6.78. The predicted octanol–water partition coefficient (Wildman–Crippen LogP) is 5.22. The summed E-state index contributed by atoms with van der Waals surface area (Å²) in [5, 5.41) is 5.88. The van der Waals surface area contributed by atoms with Gasteiger partial charge in [-0.3, -0.25) is 18.2 Å². The van der Waals surface area contributed by atoms with Crippen LogP contribution in [-0.4, -0.2) is 77.6 Å². The molecule has 336 valence electrons. The Kier molecular flexibility index (Phi) is 14.9. The van der Waals surface area contributed by atoms with E-state index in [4.69, 9.17) is 15.7 Å². The molecule has 6 aromatic rings. The van der Waals surface area contributed by atoms with Crippen molar-refractivity contribution in [2.24, 2.45) is 0 Å². The van der Waals surface area contributed by atoms with Gasteiger partial charge in [-0.15, -0.1) is 0 Å². The minimum absolute atomic E-state index is 0.0110. The van der Waals surface area contributed by atoms with E-state index in [0.717, 1.165) is 12.1 Å². The SMILES string of the molecule is Cc1nc(C)nc(Nc2ccc(C=Cc3ccc(Nc4nc(C)nc(C)n4)cc3S(=O)(=O)O)c(OS(=O)O)c2)n1.Nc1ccc(C=Cc2ccc(N)cc2S(=O)(=O)O)c(S(=O)(=O)O)c1. The van der Waals surface area contributed by atoms with Crippen molar-refractivity contribution in [2.45, 2.75) is 42.4 Å². The third kappa shape index (κ3) is 13.6. The molecule has 64 heavy (non-hydrogen) atoms. The van der Waals surface area contributed by atoms with E-state index >= 15 is 0 Å². The van der Waals surface area contributed by atoms with Crippen molar-refractivity contribution in [3.05, 3.63) is 118 Å². The molecule has 2 heterocycles. The monoisotopic (exact) mass is 954 g/mol. The number of hydrogen-bond donors (Lipinski definition) is 8. The molecule has 0 aliphatic rings. The second kappa shape index (κ2) is 19.7. The summed E-state index contributed by atoms with van der Waals surface area (Å²) in [6.07, 6.45) is 5.42. The average molecular weight is 955 g/mol. The fourth-order valence-corrected chi connectivity index (χ4v) is 8.10. The molecule has 6 rings (SSSR count). The molecule has 22 nitrogen and oxygen atoms in total. The smallest absolute Gasteiger partial charge is 0.357 e. The zero-order valence-electron chi connectivity index (χ0n) is 33.8. The number of benzene rings is 4. The van der Waals surface area contributed by atoms with Crippen LogP contribution < -0.4 is 26.3 Å². The molecule has 0 radical (unpaired) electrons. The average Bonchev–Trinajstić information content (AvgIpc) is 3.16. The molecule has 0 amide bonds. The summed E-state index contributed by atoms with van der Waals surface area (Å²) in [6, 6.07) is 16.6. The van der Waals surface area contributed by atoms with E-state index in [0.29, 0.717) is 40.2 Å². The van der Waals surface area contributed by atoms with Crippen LogP contribution in [-0.2, 0) is 41.7 Å². The van der Waals surface area contributed by atoms with Gasteiger partial charge in [-0.1, -0.05) is 42.5 Å². The fraction of sp³-hybridized carbons (Fsp3) is 0.105. The molecule has 4 aromatic carbocycles. The van der Waals surface area contributed by atoms with E-state index in [1.807, 2.05) is 0 Å². The third-order valence-electron chi connectivity index (χ3n) is 8.21. The molecule has 0 saturated heterocycles. The Labute approximate surface area is 369 Å². The van der Waals surface area contributed by atoms with E-state index in [1.54, 1.807) is 45.9 Å². The Morgan fingerprint density at radius 2 is 0.844 bits per heavy atom. The van der Waals surface area contributed by atoms with Crippen molar-refractivity contribution in [3.63, 3.8) is 0 Å². The van der Waals surface area contributed by atoms with Crippen molar-refractivity contribution < 1.29 is 51.9 Å². The lowest BCUT2D eigenvalue weighted by Gasteiger charge is -2.11. The first kappa shape index (κ1) is 48.3. The number of aryl methyl sites for hydroxylation is 4. The normalized spacial score (nSPS) is 12.4. The van der Waals surface area contributed by atoms with Gasteiger partial charge in [0.15, 0.2) is 5.75 Å². The number of aromatic nitrogens is 6. The van der Waals surface area contributed by atoms with Crippen LogP contribution in [0.4, 0.5) is 34.6 Å². The van der Waals surface area contributed by atoms with Crippen molar-refractivity contribution in [1.82, 2.24) is 29.9 Å². The topological polar surface area (TPSA) is 363 Å². The lowest BCUT2D eigenvalue weighted by Crippen LogP contribution is -2.05. The van der Waals surface area contributed by atoms with Gasteiger partial charge >= 0.3 is 11.4 Å². The zero-order valence-corrected chi connectivity index (χ0v) is 37.0. The Morgan fingerprint density at radius 3 is 1.22 bits per heavy atom. The van der Waals surface area contributed by atoms with Gasteiger partial charge in [0, 0.05) is 34.4 Å². The minimum Gasteiger partial charge on any atom is -0.399 e. The van der Waals surface area contributed by atoms with Gasteiger partial charge in [0.05, 0.1) is 0 Å². The largest absolute Gasteiger partial charge is 0.399 e. The van der Waals surface area contributed by atoms with E-state index in [2.05, 4.69) is 40.5 Å². The number of nitrogens with zero attached hydrogens (tertiary/aromatic N) is 6. The van der Waals surface area contributed by atoms with E-state index in [-0.39, 0.29) is 50.6 Å². The van der Waals surface area contributed by atoms with Crippen LogP contribution in [0.2, 0.25) is 0 Å². The van der Waals surface area contributed by atoms with Crippen LogP contribution >= 0.6 is 0 Å². The van der Waals surface area contributed by atoms with Gasteiger partial charge in [-0.25, -0.2) is 9.97 Å². The minimum atomic E-state index is -4.64. The molecule has 0 bridgehead atoms. The molecule has 1 unspecified atom stereocenters. The first-order valence-electron chi connectivity index (χ1n) is 17.9. The highest BCUT2D eigenvalue weighted by molar-refractivity contribution is 7.86. The molecular formula is C38H38N10O12S4. The molecule has 2 aromatic heterocycles. The summed E-state index contributed by atoms with van der Waals surface area (Å²) in [6.45, 7) is 6.82. The lowest BCUT2D eigenvalue weighted by molar-refractivity contribution is 0.457. The Morgan fingerprint density at radius 1 is 0.516 bits per heavy atom. The summed E-state index contributed by atoms with van der Waals surface area (Å²) < 4.78 is 124. The maximum absolute atomic E-state index is 12.2. The van der Waals surface area contributed by atoms with Crippen molar-refractivity contribution in [3.8, 4) is 5.75 Å². The molecular weight excluding hydrogens is 917 g/mol.